The Morgan fingerprint density at radius 3 is 2.49 bits per heavy atom. The Morgan fingerprint density at radius 2 is 1.86 bits per heavy atom. The molecule has 1 fully saturated rings. The number of rotatable bonds is 9. The minimum Gasteiger partial charge on any atom is -0.386 e. The summed E-state index contributed by atoms with van der Waals surface area (Å²) in [7, 11) is 1.56. The van der Waals surface area contributed by atoms with Crippen LogP contribution in [0, 0.1) is 0 Å². The number of methoxy groups -OCH3 is 1. The number of hydrogen-bond acceptors (Lipinski definition) is 7. The third-order valence-electron chi connectivity index (χ3n) is 6.18. The smallest absolute Gasteiger partial charge is 0.281 e. The number of aromatic nitrogens is 4. The zero-order valence-electron chi connectivity index (χ0n) is 19.5. The Morgan fingerprint density at radius 1 is 1.14 bits per heavy atom. The van der Waals surface area contributed by atoms with E-state index >= 15 is 0 Å². The van der Waals surface area contributed by atoms with E-state index in [1.807, 2.05) is 24.3 Å². The lowest BCUT2D eigenvalue weighted by molar-refractivity contribution is -0.122. The largest absolute Gasteiger partial charge is 0.386 e. The van der Waals surface area contributed by atoms with Crippen molar-refractivity contribution in [2.75, 3.05) is 26.0 Å². The van der Waals surface area contributed by atoms with Crippen LogP contribution in [0.3, 0.4) is 0 Å². The average molecular weight is 477 g/mol. The van der Waals surface area contributed by atoms with Gasteiger partial charge >= 0.3 is 0 Å². The minimum absolute atomic E-state index is 0.00841. The van der Waals surface area contributed by atoms with Crippen molar-refractivity contribution >= 4 is 23.6 Å². The van der Waals surface area contributed by atoms with Gasteiger partial charge in [0, 0.05) is 37.8 Å². The Kier molecular flexibility index (Phi) is 7.16. The molecule has 0 radical (unpaired) electrons. The Bertz CT molecular complexity index is 1210. The van der Waals surface area contributed by atoms with Crippen molar-refractivity contribution in [1.82, 2.24) is 25.1 Å². The van der Waals surface area contributed by atoms with Crippen LogP contribution in [0.25, 0.3) is 11.1 Å². The van der Waals surface area contributed by atoms with E-state index in [1.54, 1.807) is 19.5 Å². The predicted octanol–water partition coefficient (Wildman–Crippen LogP) is 1.30. The molecule has 2 amide bonds. The van der Waals surface area contributed by atoms with Crippen molar-refractivity contribution in [3.63, 3.8) is 0 Å². The zero-order valence-corrected chi connectivity index (χ0v) is 19.5. The first-order valence-corrected chi connectivity index (χ1v) is 11.3. The molecule has 0 unspecified atom stereocenters. The van der Waals surface area contributed by atoms with Crippen molar-refractivity contribution in [2.45, 2.75) is 31.2 Å². The SMILES string of the molecule is COCCNC(=O)Cn1cc(C(=O)N=C(N)C2(c3ccc(-c4cnc(N)nc4)cc3)CCC2)cn1. The summed E-state index contributed by atoms with van der Waals surface area (Å²) in [6.07, 6.45) is 8.84. The summed E-state index contributed by atoms with van der Waals surface area (Å²) < 4.78 is 6.29. The molecule has 0 aliphatic heterocycles. The Hall–Kier alpha value is -4.12. The standard InChI is InChI=1S/C24H28N8O3/c1-35-10-9-27-20(33)15-32-14-18(13-30-32)21(34)31-22(25)24(7-2-8-24)19-5-3-16(4-6-19)17-11-28-23(26)29-12-17/h3-6,11-14H,2,7-10,15H2,1H3,(H,27,33)(H2,25,31,34)(H2,26,28,29). The quantitative estimate of drug-likeness (QED) is 0.236. The topological polar surface area (TPSA) is 163 Å². The highest BCUT2D eigenvalue weighted by atomic mass is 16.5. The number of nitrogens with zero attached hydrogens (tertiary/aromatic N) is 5. The summed E-state index contributed by atoms with van der Waals surface area (Å²) in [5, 5.41) is 6.79. The highest BCUT2D eigenvalue weighted by Gasteiger charge is 2.42. The number of carbonyl (C=O) groups is 2. The van der Waals surface area contributed by atoms with Gasteiger partial charge in [-0.05, 0) is 24.0 Å². The van der Waals surface area contributed by atoms with Gasteiger partial charge in [0.1, 0.15) is 12.4 Å². The van der Waals surface area contributed by atoms with E-state index in [-0.39, 0.29) is 29.8 Å². The van der Waals surface area contributed by atoms with Gasteiger partial charge in [-0.3, -0.25) is 14.3 Å². The van der Waals surface area contributed by atoms with E-state index in [9.17, 15) is 9.59 Å². The van der Waals surface area contributed by atoms with Gasteiger partial charge in [-0.15, -0.1) is 0 Å². The van der Waals surface area contributed by atoms with E-state index in [1.165, 1.54) is 17.1 Å². The molecule has 1 aromatic carbocycles. The molecule has 0 atom stereocenters. The summed E-state index contributed by atoms with van der Waals surface area (Å²) in [5.41, 5.74) is 14.6. The number of aliphatic imine (C=N–C) groups is 1. The third-order valence-corrected chi connectivity index (χ3v) is 6.18. The maximum atomic E-state index is 12.8. The molecule has 2 aromatic heterocycles. The fourth-order valence-corrected chi connectivity index (χ4v) is 4.03. The summed E-state index contributed by atoms with van der Waals surface area (Å²) in [6, 6.07) is 7.94. The third kappa shape index (κ3) is 5.35. The van der Waals surface area contributed by atoms with Crippen LogP contribution >= 0.6 is 0 Å². The maximum absolute atomic E-state index is 12.8. The summed E-state index contributed by atoms with van der Waals surface area (Å²) in [6.45, 7) is 0.814. The van der Waals surface area contributed by atoms with Crippen molar-refractivity contribution in [3.8, 4) is 11.1 Å². The Balaban J connectivity index is 1.46. The van der Waals surface area contributed by atoms with Gasteiger partial charge in [0.2, 0.25) is 11.9 Å². The van der Waals surface area contributed by atoms with Crippen LogP contribution in [-0.4, -0.2) is 57.7 Å². The molecule has 3 aromatic rings. The lowest BCUT2D eigenvalue weighted by Gasteiger charge is -2.41. The van der Waals surface area contributed by atoms with Crippen LogP contribution in [-0.2, 0) is 21.5 Å². The van der Waals surface area contributed by atoms with Gasteiger partial charge in [0.15, 0.2) is 0 Å². The Labute approximate surface area is 202 Å². The molecule has 11 heteroatoms. The number of carbonyl (C=O) groups excluding carboxylic acids is 2. The molecule has 4 rings (SSSR count). The first-order valence-electron chi connectivity index (χ1n) is 11.3. The van der Waals surface area contributed by atoms with Crippen molar-refractivity contribution < 1.29 is 14.3 Å². The molecule has 0 saturated heterocycles. The molecule has 1 aliphatic rings. The molecule has 182 valence electrons. The first kappa shape index (κ1) is 24.0. The zero-order chi connectivity index (χ0) is 24.8. The number of anilines is 1. The van der Waals surface area contributed by atoms with Crippen LogP contribution < -0.4 is 16.8 Å². The van der Waals surface area contributed by atoms with Gasteiger partial charge in [-0.2, -0.15) is 10.1 Å². The molecule has 0 spiro atoms. The minimum atomic E-state index is -0.490. The van der Waals surface area contributed by atoms with Crippen LogP contribution in [0.5, 0.6) is 0 Å². The van der Waals surface area contributed by atoms with Crippen LogP contribution in [0.2, 0.25) is 0 Å². The van der Waals surface area contributed by atoms with Gasteiger partial charge in [0.25, 0.3) is 5.91 Å². The average Bonchev–Trinajstić information content (AvgIpc) is 3.28. The van der Waals surface area contributed by atoms with Gasteiger partial charge < -0.3 is 21.5 Å². The second-order valence-electron chi connectivity index (χ2n) is 8.41. The fraction of sp³-hybridized carbons (Fsp3) is 0.333. The molecular formula is C24H28N8O3. The van der Waals surface area contributed by atoms with Gasteiger partial charge in [-0.1, -0.05) is 30.7 Å². The number of hydrogen-bond donors (Lipinski definition) is 3. The molecule has 0 bridgehead atoms. The summed E-state index contributed by atoms with van der Waals surface area (Å²) in [4.78, 5) is 37.0. The van der Waals surface area contributed by atoms with E-state index in [0.717, 1.165) is 36.0 Å². The van der Waals surface area contributed by atoms with Gasteiger partial charge in [-0.25, -0.2) is 9.97 Å². The highest BCUT2D eigenvalue weighted by Crippen LogP contribution is 2.44. The monoisotopic (exact) mass is 476 g/mol. The van der Waals surface area contributed by atoms with Crippen molar-refractivity contribution in [3.05, 3.63) is 60.2 Å². The van der Waals surface area contributed by atoms with Crippen LogP contribution in [0.1, 0.15) is 35.2 Å². The van der Waals surface area contributed by atoms with E-state index in [4.69, 9.17) is 16.2 Å². The molecule has 1 saturated carbocycles. The summed E-state index contributed by atoms with van der Waals surface area (Å²) >= 11 is 0. The van der Waals surface area contributed by atoms with Crippen molar-refractivity contribution in [2.24, 2.45) is 10.7 Å². The number of amidine groups is 1. The number of ether oxygens (including phenoxy) is 1. The maximum Gasteiger partial charge on any atom is 0.281 e. The second-order valence-corrected chi connectivity index (χ2v) is 8.41. The number of amides is 2. The van der Waals surface area contributed by atoms with Crippen LogP contribution in [0.15, 0.2) is 54.0 Å². The summed E-state index contributed by atoms with van der Waals surface area (Å²) in [5.74, 6) is -0.212. The normalized spacial score (nSPS) is 14.8. The van der Waals surface area contributed by atoms with E-state index < -0.39 is 11.3 Å². The fourth-order valence-electron chi connectivity index (χ4n) is 4.03. The number of nitrogens with one attached hydrogen (secondary N) is 1. The molecule has 11 nitrogen and oxygen atoms in total. The number of nitrogen functional groups attached to an aromatic ring is 1. The van der Waals surface area contributed by atoms with E-state index in [0.29, 0.717) is 13.2 Å². The van der Waals surface area contributed by atoms with Gasteiger partial charge in [0.05, 0.1) is 23.8 Å². The molecular weight excluding hydrogens is 448 g/mol. The van der Waals surface area contributed by atoms with Crippen molar-refractivity contribution in [1.29, 1.82) is 0 Å². The molecule has 1 aliphatic carbocycles. The molecule has 35 heavy (non-hydrogen) atoms. The van der Waals surface area contributed by atoms with E-state index in [2.05, 4.69) is 25.4 Å². The number of benzene rings is 1. The number of nitrogens with two attached hydrogens (primary N) is 2. The lowest BCUT2D eigenvalue weighted by atomic mass is 9.63. The lowest BCUT2D eigenvalue weighted by Crippen LogP contribution is -2.47. The molecule has 2 heterocycles. The predicted molar refractivity (Wildman–Crippen MR) is 130 cm³/mol. The molecule has 5 N–H and O–H groups in total. The highest BCUT2D eigenvalue weighted by molar-refractivity contribution is 6.06. The van der Waals surface area contributed by atoms with Crippen LogP contribution in [0.4, 0.5) is 5.95 Å². The first-order chi connectivity index (χ1) is 16.9. The second kappa shape index (κ2) is 10.4.